The van der Waals surface area contributed by atoms with E-state index in [4.69, 9.17) is 4.74 Å². The average molecular weight is 381 g/mol. The molecule has 2 aromatic rings. The van der Waals surface area contributed by atoms with E-state index in [1.54, 1.807) is 22.9 Å². The lowest BCUT2D eigenvalue weighted by Crippen LogP contribution is -2.56. The molecular formula is C19H27NO7. The summed E-state index contributed by atoms with van der Waals surface area (Å²) in [6, 6.07) is 7.29. The van der Waals surface area contributed by atoms with Crippen molar-refractivity contribution in [1.82, 2.24) is 4.57 Å². The Morgan fingerprint density at radius 2 is 1.78 bits per heavy atom. The highest BCUT2D eigenvalue weighted by Crippen LogP contribution is 2.34. The van der Waals surface area contributed by atoms with Crippen LogP contribution in [0.2, 0.25) is 0 Å². The molecule has 6 atom stereocenters. The third-order valence-corrected chi connectivity index (χ3v) is 5.19. The summed E-state index contributed by atoms with van der Waals surface area (Å²) < 4.78 is 7.27. The number of rotatable bonds is 5. The molecule has 8 heteroatoms. The van der Waals surface area contributed by atoms with Gasteiger partial charge in [-0.3, -0.25) is 0 Å². The van der Waals surface area contributed by atoms with Gasteiger partial charge in [0.15, 0.2) is 6.23 Å². The average Bonchev–Trinajstić information content (AvgIpc) is 2.98. The highest BCUT2D eigenvalue weighted by Gasteiger charge is 2.44. The monoisotopic (exact) mass is 381 g/mol. The van der Waals surface area contributed by atoms with E-state index in [9.17, 15) is 30.6 Å². The molecule has 3 rings (SSSR count). The highest BCUT2D eigenvalue weighted by atomic mass is 16.6. The van der Waals surface area contributed by atoms with Crippen LogP contribution < -0.4 is 0 Å². The van der Waals surface area contributed by atoms with Crippen molar-refractivity contribution in [2.75, 3.05) is 6.61 Å². The van der Waals surface area contributed by atoms with Crippen molar-refractivity contribution in [2.45, 2.75) is 62.6 Å². The molecule has 27 heavy (non-hydrogen) atoms. The number of aromatic nitrogens is 1. The lowest BCUT2D eigenvalue weighted by atomic mass is 9.95. The van der Waals surface area contributed by atoms with Gasteiger partial charge in [-0.05, 0) is 25.5 Å². The number of nitrogens with zero attached hydrogens (tertiary/aromatic N) is 1. The molecule has 1 aliphatic heterocycles. The van der Waals surface area contributed by atoms with Crippen LogP contribution in [0.5, 0.6) is 0 Å². The van der Waals surface area contributed by atoms with Crippen LogP contribution in [-0.2, 0) is 11.2 Å². The van der Waals surface area contributed by atoms with Crippen molar-refractivity contribution in [3.8, 4) is 0 Å². The zero-order valence-corrected chi connectivity index (χ0v) is 15.3. The molecule has 6 N–H and O–H groups in total. The number of benzene rings is 1. The van der Waals surface area contributed by atoms with Crippen molar-refractivity contribution in [2.24, 2.45) is 0 Å². The first-order chi connectivity index (χ1) is 12.6. The fraction of sp³-hybridized carbons (Fsp3) is 0.579. The van der Waals surface area contributed by atoms with Crippen LogP contribution in [0.25, 0.3) is 10.9 Å². The third kappa shape index (κ3) is 3.74. The third-order valence-electron chi connectivity index (χ3n) is 5.19. The molecule has 1 aromatic carbocycles. The zero-order valence-electron chi connectivity index (χ0n) is 15.3. The van der Waals surface area contributed by atoms with E-state index < -0.39 is 49.0 Å². The molecule has 1 aliphatic rings. The second kappa shape index (κ2) is 7.48. The topological polar surface area (TPSA) is 136 Å². The van der Waals surface area contributed by atoms with Crippen LogP contribution in [0.4, 0.5) is 0 Å². The Labute approximate surface area is 156 Å². The molecule has 1 unspecified atom stereocenters. The van der Waals surface area contributed by atoms with Gasteiger partial charge < -0.3 is 39.9 Å². The number of hydrogen-bond donors (Lipinski definition) is 6. The first-order valence-electron chi connectivity index (χ1n) is 8.94. The minimum Gasteiger partial charge on any atom is -0.394 e. The molecule has 0 aliphatic carbocycles. The fourth-order valence-electron chi connectivity index (χ4n) is 3.42. The van der Waals surface area contributed by atoms with Crippen molar-refractivity contribution in [3.63, 3.8) is 0 Å². The van der Waals surface area contributed by atoms with Crippen LogP contribution in [0.3, 0.4) is 0 Å². The Morgan fingerprint density at radius 3 is 2.41 bits per heavy atom. The summed E-state index contributed by atoms with van der Waals surface area (Å²) >= 11 is 0. The van der Waals surface area contributed by atoms with Crippen LogP contribution in [0.15, 0.2) is 30.5 Å². The number of hydrogen-bond acceptors (Lipinski definition) is 7. The van der Waals surface area contributed by atoms with Crippen molar-refractivity contribution >= 4 is 10.9 Å². The van der Waals surface area contributed by atoms with Gasteiger partial charge >= 0.3 is 0 Å². The van der Waals surface area contributed by atoms with Gasteiger partial charge in [-0.15, -0.1) is 0 Å². The highest BCUT2D eigenvalue weighted by molar-refractivity contribution is 5.84. The normalized spacial score (nSPS) is 30.6. The van der Waals surface area contributed by atoms with E-state index in [2.05, 4.69) is 0 Å². The minimum absolute atomic E-state index is 0.175. The van der Waals surface area contributed by atoms with E-state index in [0.29, 0.717) is 5.52 Å². The van der Waals surface area contributed by atoms with Crippen molar-refractivity contribution < 1.29 is 35.4 Å². The summed E-state index contributed by atoms with van der Waals surface area (Å²) in [4.78, 5) is 0. The second-order valence-corrected chi connectivity index (χ2v) is 7.67. The van der Waals surface area contributed by atoms with E-state index >= 15 is 0 Å². The summed E-state index contributed by atoms with van der Waals surface area (Å²) in [7, 11) is 0. The SMILES string of the molecule is CC(C)(O)C(O)Cc1cn([C@@H]2O[C@H](CO)[C@@H](O)[C@H](O)[C@H]2O)c2ccccc12. The van der Waals surface area contributed by atoms with Crippen LogP contribution >= 0.6 is 0 Å². The maximum atomic E-state index is 10.4. The summed E-state index contributed by atoms with van der Waals surface area (Å²) in [5.41, 5.74) is 0.142. The molecule has 1 saturated heterocycles. The van der Waals surface area contributed by atoms with Gasteiger partial charge in [0.1, 0.15) is 24.4 Å². The number of ether oxygens (including phenoxy) is 1. The summed E-state index contributed by atoms with van der Waals surface area (Å²) in [6.07, 6.45) is -5.51. The van der Waals surface area contributed by atoms with Crippen LogP contribution in [0, 0.1) is 0 Å². The van der Waals surface area contributed by atoms with E-state index in [0.717, 1.165) is 10.9 Å². The van der Waals surface area contributed by atoms with E-state index in [1.807, 2.05) is 12.1 Å². The van der Waals surface area contributed by atoms with Crippen molar-refractivity contribution in [1.29, 1.82) is 0 Å². The molecule has 0 radical (unpaired) electrons. The van der Waals surface area contributed by atoms with E-state index in [1.165, 1.54) is 13.8 Å². The Bertz CT molecular complexity index is 782. The Morgan fingerprint density at radius 1 is 1.11 bits per heavy atom. The minimum atomic E-state index is -1.48. The molecule has 0 spiro atoms. The molecule has 0 saturated carbocycles. The van der Waals surface area contributed by atoms with E-state index in [-0.39, 0.29) is 6.42 Å². The molecule has 8 nitrogen and oxygen atoms in total. The molecule has 150 valence electrons. The van der Waals surface area contributed by atoms with Crippen LogP contribution in [-0.4, -0.2) is 77.9 Å². The lowest BCUT2D eigenvalue weighted by molar-refractivity contribution is -0.250. The largest absolute Gasteiger partial charge is 0.394 e. The Balaban J connectivity index is 2.02. The lowest BCUT2D eigenvalue weighted by Gasteiger charge is -2.40. The number of fused-ring (bicyclic) bond motifs is 1. The van der Waals surface area contributed by atoms with Gasteiger partial charge in [0, 0.05) is 18.0 Å². The van der Waals surface area contributed by atoms with Crippen molar-refractivity contribution in [3.05, 3.63) is 36.0 Å². The fourth-order valence-corrected chi connectivity index (χ4v) is 3.42. The van der Waals surface area contributed by atoms with Gasteiger partial charge in [-0.1, -0.05) is 18.2 Å². The molecule has 0 amide bonds. The quantitative estimate of drug-likeness (QED) is 0.403. The maximum absolute atomic E-state index is 10.4. The second-order valence-electron chi connectivity index (χ2n) is 7.67. The Kier molecular flexibility index (Phi) is 5.60. The molecule has 1 aromatic heterocycles. The van der Waals surface area contributed by atoms with Gasteiger partial charge in [-0.2, -0.15) is 0 Å². The zero-order chi connectivity index (χ0) is 19.9. The maximum Gasteiger partial charge on any atom is 0.163 e. The summed E-state index contributed by atoms with van der Waals surface area (Å²) in [5.74, 6) is 0. The van der Waals surface area contributed by atoms with Crippen LogP contribution in [0.1, 0.15) is 25.6 Å². The smallest absolute Gasteiger partial charge is 0.163 e. The molecule has 0 bridgehead atoms. The molecular weight excluding hydrogens is 354 g/mol. The van der Waals surface area contributed by atoms with Gasteiger partial charge in [-0.25, -0.2) is 0 Å². The predicted molar refractivity (Wildman–Crippen MR) is 97.0 cm³/mol. The first kappa shape index (κ1) is 20.2. The number of aliphatic hydroxyl groups is 6. The number of para-hydroxylation sites is 1. The Hall–Kier alpha value is -1.52. The van der Waals surface area contributed by atoms with Gasteiger partial charge in [0.2, 0.25) is 0 Å². The molecule has 2 heterocycles. The molecule has 1 fully saturated rings. The van der Waals surface area contributed by atoms with Gasteiger partial charge in [0.05, 0.1) is 23.8 Å². The standard InChI is InChI=1S/C19H27NO7/c1-19(2,26)14(22)7-10-8-20(12-6-4-3-5-11(10)12)18-17(25)16(24)15(23)13(9-21)27-18/h3-6,8,13-18,21-26H,7,9H2,1-2H3/t13-,14?,15-,16+,17-,18-/m1/s1. The predicted octanol–water partition coefficient (Wildman–Crippen LogP) is -0.712. The van der Waals surface area contributed by atoms with Gasteiger partial charge in [0.25, 0.3) is 0 Å². The summed E-state index contributed by atoms with van der Waals surface area (Å²) in [5, 5.41) is 61.0. The summed E-state index contributed by atoms with van der Waals surface area (Å²) in [6.45, 7) is 2.54. The number of aliphatic hydroxyl groups excluding tert-OH is 5. The first-order valence-corrected chi connectivity index (χ1v) is 8.94.